The lowest BCUT2D eigenvalue weighted by Crippen LogP contribution is -2.48. The second-order valence-corrected chi connectivity index (χ2v) is 6.06. The molecule has 0 bridgehead atoms. The van der Waals surface area contributed by atoms with Crippen LogP contribution in [0.3, 0.4) is 0 Å². The molecule has 0 aromatic heterocycles. The molecule has 0 radical (unpaired) electrons. The lowest BCUT2D eigenvalue weighted by Gasteiger charge is -2.37. The quantitative estimate of drug-likeness (QED) is 0.645. The number of rotatable bonds is 8. The van der Waals surface area contributed by atoms with Gasteiger partial charge in [0.05, 0.1) is 13.2 Å². The molecule has 1 aliphatic rings. The van der Waals surface area contributed by atoms with Crippen LogP contribution in [0, 0.1) is 12.7 Å². The number of hydrogen-bond acceptors (Lipinski definition) is 5. The second kappa shape index (κ2) is 9.30. The Labute approximate surface area is 137 Å². The number of benzene rings is 1. The fourth-order valence-electron chi connectivity index (χ4n) is 3.13. The minimum atomic E-state index is -0.203. The summed E-state index contributed by atoms with van der Waals surface area (Å²) in [4.78, 5) is 4.45. The first kappa shape index (κ1) is 18.3. The molecule has 0 saturated carbocycles. The Morgan fingerprint density at radius 3 is 2.43 bits per heavy atom. The Bertz CT molecular complexity index is 475. The number of halogens is 1. The van der Waals surface area contributed by atoms with Gasteiger partial charge in [-0.25, -0.2) is 4.39 Å². The van der Waals surface area contributed by atoms with Crippen LogP contribution in [0.1, 0.15) is 17.2 Å². The third-order valence-electron chi connectivity index (χ3n) is 4.42. The lowest BCUT2D eigenvalue weighted by atomic mass is 10.0. The summed E-state index contributed by atoms with van der Waals surface area (Å²) in [5.74, 6) is -0.203. The summed E-state index contributed by atoms with van der Waals surface area (Å²) in [7, 11) is 0. The summed E-state index contributed by atoms with van der Waals surface area (Å²) in [5, 5.41) is 22.1. The van der Waals surface area contributed by atoms with Gasteiger partial charge >= 0.3 is 0 Å². The van der Waals surface area contributed by atoms with Gasteiger partial charge in [0.15, 0.2) is 0 Å². The maximum Gasteiger partial charge on any atom is 0.126 e. The molecule has 1 aromatic carbocycles. The molecule has 1 saturated heterocycles. The van der Waals surface area contributed by atoms with E-state index in [4.69, 9.17) is 0 Å². The van der Waals surface area contributed by atoms with Gasteiger partial charge in [-0.1, -0.05) is 12.1 Å². The molecule has 1 fully saturated rings. The maximum absolute atomic E-state index is 13.6. The van der Waals surface area contributed by atoms with Crippen molar-refractivity contribution >= 4 is 0 Å². The number of piperazine rings is 1. The van der Waals surface area contributed by atoms with Crippen molar-refractivity contribution < 1.29 is 14.6 Å². The highest BCUT2D eigenvalue weighted by Crippen LogP contribution is 2.24. The van der Waals surface area contributed by atoms with Gasteiger partial charge in [-0.3, -0.25) is 9.80 Å². The molecule has 23 heavy (non-hydrogen) atoms. The molecule has 0 spiro atoms. The van der Waals surface area contributed by atoms with Gasteiger partial charge in [0.25, 0.3) is 0 Å². The molecule has 3 N–H and O–H groups in total. The van der Waals surface area contributed by atoms with E-state index in [1.165, 1.54) is 6.07 Å². The van der Waals surface area contributed by atoms with Crippen LogP contribution in [-0.2, 0) is 0 Å². The molecule has 6 heteroatoms. The van der Waals surface area contributed by atoms with Crippen LogP contribution < -0.4 is 5.32 Å². The number of aliphatic hydroxyl groups excluding tert-OH is 2. The second-order valence-electron chi connectivity index (χ2n) is 6.06. The average molecular weight is 325 g/mol. The van der Waals surface area contributed by atoms with E-state index in [0.717, 1.165) is 38.3 Å². The normalized spacial score (nSPS) is 17.6. The average Bonchev–Trinajstić information content (AvgIpc) is 2.56. The minimum absolute atomic E-state index is 0.0340. The molecule has 0 amide bonds. The number of aliphatic hydroxyl groups is 2. The molecule has 2 rings (SSSR count). The molecule has 0 aliphatic carbocycles. The SMILES string of the molecule is Cc1cc(C(CN2CCNCC2)N(CCO)CCO)ccc1F. The van der Waals surface area contributed by atoms with Gasteiger partial charge in [0.2, 0.25) is 0 Å². The Hall–Kier alpha value is -1.05. The van der Waals surface area contributed by atoms with Crippen molar-refractivity contribution in [2.45, 2.75) is 13.0 Å². The van der Waals surface area contributed by atoms with Crippen LogP contribution in [0.4, 0.5) is 4.39 Å². The zero-order valence-corrected chi connectivity index (χ0v) is 13.8. The first-order valence-electron chi connectivity index (χ1n) is 8.30. The van der Waals surface area contributed by atoms with Crippen molar-refractivity contribution in [3.8, 4) is 0 Å². The van der Waals surface area contributed by atoms with E-state index >= 15 is 0 Å². The van der Waals surface area contributed by atoms with Gasteiger partial charge in [0, 0.05) is 51.9 Å². The van der Waals surface area contributed by atoms with Crippen molar-refractivity contribution in [1.29, 1.82) is 0 Å². The number of nitrogens with zero attached hydrogens (tertiary/aromatic N) is 2. The van der Waals surface area contributed by atoms with Gasteiger partial charge in [0.1, 0.15) is 5.82 Å². The molecule has 1 heterocycles. The van der Waals surface area contributed by atoms with E-state index in [1.54, 1.807) is 6.92 Å². The van der Waals surface area contributed by atoms with E-state index in [0.29, 0.717) is 18.7 Å². The zero-order valence-electron chi connectivity index (χ0n) is 13.8. The molecule has 130 valence electrons. The zero-order chi connectivity index (χ0) is 16.7. The van der Waals surface area contributed by atoms with Gasteiger partial charge in [-0.15, -0.1) is 0 Å². The van der Waals surface area contributed by atoms with Gasteiger partial charge in [-0.2, -0.15) is 0 Å². The van der Waals surface area contributed by atoms with Crippen LogP contribution >= 0.6 is 0 Å². The third-order valence-corrected chi connectivity index (χ3v) is 4.42. The molecule has 5 nitrogen and oxygen atoms in total. The number of aryl methyl sites for hydroxylation is 1. The van der Waals surface area contributed by atoms with Crippen LogP contribution in [0.15, 0.2) is 18.2 Å². The summed E-state index contributed by atoms with van der Waals surface area (Å²) >= 11 is 0. The molecule has 1 aliphatic heterocycles. The Morgan fingerprint density at radius 1 is 1.22 bits per heavy atom. The highest BCUT2D eigenvalue weighted by Gasteiger charge is 2.24. The minimum Gasteiger partial charge on any atom is -0.395 e. The summed E-state index contributed by atoms with van der Waals surface area (Å²) in [6.07, 6.45) is 0. The highest BCUT2D eigenvalue weighted by atomic mass is 19.1. The first-order chi connectivity index (χ1) is 11.2. The Kier molecular flexibility index (Phi) is 7.39. The summed E-state index contributed by atoms with van der Waals surface area (Å²) in [6.45, 7) is 7.53. The van der Waals surface area contributed by atoms with Crippen LogP contribution in [0.5, 0.6) is 0 Å². The number of nitrogens with one attached hydrogen (secondary N) is 1. The molecule has 1 aromatic rings. The number of hydrogen-bond donors (Lipinski definition) is 3. The Balaban J connectivity index is 2.22. The van der Waals surface area contributed by atoms with Crippen LogP contribution in [-0.4, -0.2) is 79.0 Å². The monoisotopic (exact) mass is 325 g/mol. The van der Waals surface area contributed by atoms with E-state index in [9.17, 15) is 14.6 Å². The van der Waals surface area contributed by atoms with Crippen molar-refractivity contribution in [1.82, 2.24) is 15.1 Å². The predicted octanol–water partition coefficient (Wildman–Crippen LogP) is 0.367. The molecular weight excluding hydrogens is 297 g/mol. The van der Waals surface area contributed by atoms with Crippen molar-refractivity contribution in [2.24, 2.45) is 0 Å². The predicted molar refractivity (Wildman–Crippen MR) is 88.9 cm³/mol. The standard InChI is InChI=1S/C17H28FN3O2/c1-14-12-15(2-3-16(14)18)17(21(8-10-22)9-11-23)13-20-6-4-19-5-7-20/h2-3,12,17,19,22-23H,4-11,13H2,1H3. The molecule has 1 atom stereocenters. The smallest absolute Gasteiger partial charge is 0.126 e. The fraction of sp³-hybridized carbons (Fsp3) is 0.647. The van der Waals surface area contributed by atoms with E-state index in [2.05, 4.69) is 15.1 Å². The van der Waals surface area contributed by atoms with Crippen LogP contribution in [0.25, 0.3) is 0 Å². The van der Waals surface area contributed by atoms with E-state index in [1.807, 2.05) is 12.1 Å². The third kappa shape index (κ3) is 5.22. The van der Waals surface area contributed by atoms with Gasteiger partial charge < -0.3 is 15.5 Å². The topological polar surface area (TPSA) is 59.0 Å². The van der Waals surface area contributed by atoms with Crippen molar-refractivity contribution in [3.63, 3.8) is 0 Å². The largest absolute Gasteiger partial charge is 0.395 e. The van der Waals surface area contributed by atoms with Gasteiger partial charge in [-0.05, 0) is 24.1 Å². The van der Waals surface area contributed by atoms with Crippen molar-refractivity contribution in [3.05, 3.63) is 35.1 Å². The van der Waals surface area contributed by atoms with E-state index in [-0.39, 0.29) is 25.1 Å². The Morgan fingerprint density at radius 2 is 1.87 bits per heavy atom. The summed E-state index contributed by atoms with van der Waals surface area (Å²) < 4.78 is 13.6. The molecular formula is C17H28FN3O2. The lowest BCUT2D eigenvalue weighted by molar-refractivity contribution is 0.0903. The van der Waals surface area contributed by atoms with Crippen LogP contribution in [0.2, 0.25) is 0 Å². The fourth-order valence-corrected chi connectivity index (χ4v) is 3.13. The molecule has 1 unspecified atom stereocenters. The first-order valence-corrected chi connectivity index (χ1v) is 8.30. The van der Waals surface area contributed by atoms with Crippen molar-refractivity contribution in [2.75, 3.05) is 59.0 Å². The summed E-state index contributed by atoms with van der Waals surface area (Å²) in [6, 6.07) is 5.23. The highest BCUT2D eigenvalue weighted by molar-refractivity contribution is 5.27. The summed E-state index contributed by atoms with van der Waals surface area (Å²) in [5.41, 5.74) is 1.66. The maximum atomic E-state index is 13.6. The van der Waals surface area contributed by atoms with E-state index < -0.39 is 0 Å².